The number of pyridine rings is 1. The van der Waals surface area contributed by atoms with Gasteiger partial charge in [-0.2, -0.15) is 0 Å². The number of nitrogens with zero attached hydrogens (tertiary/aromatic N) is 1. The minimum Gasteiger partial charge on any atom is -0.248 e. The number of fused-ring (bicyclic) bond motifs is 3. The molecule has 1 aliphatic rings. The van der Waals surface area contributed by atoms with Gasteiger partial charge in [0.15, 0.2) is 0 Å². The van der Waals surface area contributed by atoms with Gasteiger partial charge in [0, 0.05) is 11.1 Å². The molecule has 2 heteroatoms. The van der Waals surface area contributed by atoms with E-state index in [-0.39, 0.29) is 6.71 Å². The van der Waals surface area contributed by atoms with E-state index in [1.807, 2.05) is 6.07 Å². The van der Waals surface area contributed by atoms with Crippen LogP contribution in [0, 0.1) is 0 Å². The van der Waals surface area contributed by atoms with Crippen molar-refractivity contribution in [3.8, 4) is 44.8 Å². The van der Waals surface area contributed by atoms with Gasteiger partial charge in [-0.05, 0) is 34.4 Å². The molecule has 2 heterocycles. The van der Waals surface area contributed by atoms with Crippen LogP contribution in [0.1, 0.15) is 0 Å². The predicted octanol–water partition coefficient (Wildman–Crippen LogP) is 6.58. The fourth-order valence-corrected chi connectivity index (χ4v) is 5.59. The molecule has 0 unspecified atom stereocenters. The third-order valence-electron chi connectivity index (χ3n) is 7.38. The average molecular weight is 469 g/mol. The highest BCUT2D eigenvalue weighted by Gasteiger charge is 2.32. The fraction of sp³-hybridized carbons (Fsp3) is 0. The molecule has 0 fully saturated rings. The maximum atomic E-state index is 5.10. The van der Waals surface area contributed by atoms with Gasteiger partial charge in [0.1, 0.15) is 0 Å². The first kappa shape index (κ1) is 21.6. The van der Waals surface area contributed by atoms with Gasteiger partial charge in [0.2, 0.25) is 6.71 Å². The van der Waals surface area contributed by atoms with Crippen LogP contribution in [0.5, 0.6) is 0 Å². The third-order valence-corrected chi connectivity index (χ3v) is 7.38. The zero-order valence-electron chi connectivity index (χ0n) is 20.4. The molecule has 1 aromatic heterocycles. The maximum Gasteiger partial charge on any atom is 0.242 e. The normalized spacial score (nSPS) is 11.7. The molecule has 0 amide bonds. The Bertz CT molecular complexity index is 1600. The van der Waals surface area contributed by atoms with E-state index in [2.05, 4.69) is 140 Å². The SMILES string of the molecule is c1ccc(-c2cc(-c3ccccc3)nc(-c3ccc(B4c5ccccc5-c5ccccc54)cc3)c2)cc1. The van der Waals surface area contributed by atoms with Crippen LogP contribution in [0.2, 0.25) is 0 Å². The second kappa shape index (κ2) is 9.07. The van der Waals surface area contributed by atoms with Gasteiger partial charge in [0.25, 0.3) is 0 Å². The van der Waals surface area contributed by atoms with Crippen LogP contribution in [0.3, 0.4) is 0 Å². The molecule has 172 valence electrons. The Kier molecular flexibility index (Phi) is 5.29. The van der Waals surface area contributed by atoms with Crippen molar-refractivity contribution in [2.45, 2.75) is 0 Å². The van der Waals surface area contributed by atoms with Crippen molar-refractivity contribution in [3.63, 3.8) is 0 Å². The summed E-state index contributed by atoms with van der Waals surface area (Å²) in [6.45, 7) is 0.255. The van der Waals surface area contributed by atoms with Crippen LogP contribution in [-0.2, 0) is 0 Å². The standard InChI is InChI=1S/C35H24BN/c1-3-11-25(12-4-1)28-23-34(26-13-5-2-6-14-26)37-35(24-28)27-19-21-29(22-20-27)36-32-17-9-7-15-30(32)31-16-8-10-18-33(31)36/h1-24H. The number of hydrogen-bond acceptors (Lipinski definition) is 1. The number of aromatic nitrogens is 1. The van der Waals surface area contributed by atoms with Gasteiger partial charge in [0.05, 0.1) is 11.4 Å². The first-order valence-corrected chi connectivity index (χ1v) is 12.8. The van der Waals surface area contributed by atoms with Crippen molar-refractivity contribution >= 4 is 23.1 Å². The Hall–Kier alpha value is -4.69. The average Bonchev–Trinajstić information content (AvgIpc) is 3.32. The van der Waals surface area contributed by atoms with Crippen molar-refractivity contribution in [1.29, 1.82) is 0 Å². The van der Waals surface area contributed by atoms with Crippen LogP contribution in [0.15, 0.2) is 146 Å². The Morgan fingerprint density at radius 1 is 0.378 bits per heavy atom. The molecule has 1 nitrogen and oxygen atoms in total. The summed E-state index contributed by atoms with van der Waals surface area (Å²) in [5.74, 6) is 0. The van der Waals surface area contributed by atoms with E-state index in [1.165, 1.54) is 38.6 Å². The molecule has 37 heavy (non-hydrogen) atoms. The molecule has 7 rings (SSSR count). The van der Waals surface area contributed by atoms with Crippen molar-refractivity contribution in [3.05, 3.63) is 146 Å². The molecule has 5 aromatic carbocycles. The lowest BCUT2D eigenvalue weighted by Gasteiger charge is -2.13. The smallest absolute Gasteiger partial charge is 0.242 e. The van der Waals surface area contributed by atoms with E-state index in [0.717, 1.165) is 22.5 Å². The van der Waals surface area contributed by atoms with Gasteiger partial charge < -0.3 is 0 Å². The summed E-state index contributed by atoms with van der Waals surface area (Å²) in [5, 5.41) is 0. The van der Waals surface area contributed by atoms with Crippen LogP contribution in [0.4, 0.5) is 0 Å². The van der Waals surface area contributed by atoms with Crippen LogP contribution >= 0.6 is 0 Å². The molecule has 0 saturated heterocycles. The first-order valence-electron chi connectivity index (χ1n) is 12.8. The highest BCUT2D eigenvalue weighted by atomic mass is 14.7. The van der Waals surface area contributed by atoms with Gasteiger partial charge in [-0.3, -0.25) is 0 Å². The summed E-state index contributed by atoms with van der Waals surface area (Å²) in [7, 11) is 0. The Morgan fingerprint density at radius 3 is 1.41 bits per heavy atom. The molecule has 6 aromatic rings. The summed E-state index contributed by atoms with van der Waals surface area (Å²) < 4.78 is 0. The number of benzene rings is 5. The summed E-state index contributed by atoms with van der Waals surface area (Å²) in [4.78, 5) is 5.10. The lowest BCUT2D eigenvalue weighted by atomic mass is 9.39. The van der Waals surface area contributed by atoms with Gasteiger partial charge >= 0.3 is 0 Å². The van der Waals surface area contributed by atoms with Crippen molar-refractivity contribution in [1.82, 2.24) is 4.98 Å². The minimum absolute atomic E-state index is 0.255. The Morgan fingerprint density at radius 2 is 0.838 bits per heavy atom. The van der Waals surface area contributed by atoms with Crippen LogP contribution in [-0.4, -0.2) is 11.7 Å². The monoisotopic (exact) mass is 469 g/mol. The van der Waals surface area contributed by atoms with Crippen molar-refractivity contribution in [2.24, 2.45) is 0 Å². The van der Waals surface area contributed by atoms with E-state index in [4.69, 9.17) is 4.98 Å². The molecule has 0 N–H and O–H groups in total. The molecule has 0 bridgehead atoms. The molecule has 0 atom stereocenters. The van der Waals surface area contributed by atoms with Gasteiger partial charge in [-0.15, -0.1) is 0 Å². The third kappa shape index (κ3) is 3.88. The van der Waals surface area contributed by atoms with Gasteiger partial charge in [-0.25, -0.2) is 4.98 Å². The minimum atomic E-state index is 0.255. The van der Waals surface area contributed by atoms with E-state index in [9.17, 15) is 0 Å². The molecule has 0 aliphatic carbocycles. The lowest BCUT2D eigenvalue weighted by Crippen LogP contribution is -2.48. The Labute approximate surface area is 218 Å². The number of rotatable bonds is 4. The topological polar surface area (TPSA) is 12.9 Å². The second-order valence-electron chi connectivity index (χ2n) is 9.59. The first-order chi connectivity index (χ1) is 18.3. The zero-order valence-corrected chi connectivity index (χ0v) is 20.4. The van der Waals surface area contributed by atoms with Crippen LogP contribution in [0.25, 0.3) is 44.8 Å². The van der Waals surface area contributed by atoms with E-state index in [0.29, 0.717) is 0 Å². The predicted molar refractivity (Wildman–Crippen MR) is 157 cm³/mol. The number of hydrogen-bond donors (Lipinski definition) is 0. The maximum absolute atomic E-state index is 5.10. The molecule has 0 spiro atoms. The highest BCUT2D eigenvalue weighted by molar-refractivity contribution is 6.99. The lowest BCUT2D eigenvalue weighted by molar-refractivity contribution is 1.32. The second-order valence-corrected chi connectivity index (χ2v) is 9.59. The zero-order chi connectivity index (χ0) is 24.6. The largest absolute Gasteiger partial charge is 0.248 e. The van der Waals surface area contributed by atoms with Gasteiger partial charge in [-0.1, -0.05) is 150 Å². The van der Waals surface area contributed by atoms with Crippen LogP contribution < -0.4 is 16.4 Å². The summed E-state index contributed by atoms with van der Waals surface area (Å²) in [6, 6.07) is 52.0. The summed E-state index contributed by atoms with van der Waals surface area (Å²) >= 11 is 0. The molecular formula is C35H24BN. The van der Waals surface area contributed by atoms with Crippen molar-refractivity contribution < 1.29 is 0 Å². The molecular weight excluding hydrogens is 445 g/mol. The summed E-state index contributed by atoms with van der Waals surface area (Å²) in [5.41, 5.74) is 13.3. The van der Waals surface area contributed by atoms with E-state index >= 15 is 0 Å². The highest BCUT2D eigenvalue weighted by Crippen LogP contribution is 2.30. The quantitative estimate of drug-likeness (QED) is 0.266. The summed E-state index contributed by atoms with van der Waals surface area (Å²) in [6.07, 6.45) is 0. The Balaban J connectivity index is 1.32. The fourth-order valence-electron chi connectivity index (χ4n) is 5.59. The molecule has 0 saturated carbocycles. The van der Waals surface area contributed by atoms with E-state index < -0.39 is 0 Å². The molecule has 1 aliphatic heterocycles. The van der Waals surface area contributed by atoms with E-state index in [1.54, 1.807) is 0 Å². The molecule has 0 radical (unpaired) electrons. The van der Waals surface area contributed by atoms with Crippen molar-refractivity contribution in [2.75, 3.05) is 0 Å².